The summed E-state index contributed by atoms with van der Waals surface area (Å²) >= 11 is 0. The zero-order chi connectivity index (χ0) is 27.9. The lowest BCUT2D eigenvalue weighted by atomic mass is 10.0. The number of piperazine rings is 1. The Hall–Kier alpha value is -2.92. The third kappa shape index (κ3) is 5.18. The monoisotopic (exact) mass is 569 g/mol. The summed E-state index contributed by atoms with van der Waals surface area (Å²) < 4.78 is 63.0. The number of aryl methyl sites for hydroxylation is 3. The Morgan fingerprint density at radius 1 is 0.718 bits per heavy atom. The Kier molecular flexibility index (Phi) is 7.49. The van der Waals surface area contributed by atoms with Crippen molar-refractivity contribution in [3.8, 4) is 5.75 Å². The molecule has 0 bridgehead atoms. The first-order valence-electron chi connectivity index (χ1n) is 13.1. The summed E-state index contributed by atoms with van der Waals surface area (Å²) in [4.78, 5) is 2.58. The first kappa shape index (κ1) is 27.6. The van der Waals surface area contributed by atoms with Crippen LogP contribution < -0.4 is 9.64 Å². The van der Waals surface area contributed by atoms with Crippen molar-refractivity contribution in [2.45, 2.75) is 43.5 Å². The van der Waals surface area contributed by atoms with Crippen LogP contribution in [0.1, 0.15) is 27.8 Å². The van der Waals surface area contributed by atoms with Crippen LogP contribution in [0.25, 0.3) is 0 Å². The predicted octanol–water partition coefficient (Wildman–Crippen LogP) is 3.88. The standard InChI is InChI=1S/C29H35N3O5S2/c1-21-17-22(2)29(23(3)18-21)39(35,36)31-15-13-30(14-16-31)27-19-26(9-10-28(27)37-4)38(33,34)32-12-11-24-7-5-6-8-25(24)20-32/h5-10,17-19H,11-16,20H2,1-4H3. The molecule has 2 aliphatic rings. The molecule has 0 radical (unpaired) electrons. The van der Waals surface area contributed by atoms with Crippen LogP contribution in [0.5, 0.6) is 5.75 Å². The van der Waals surface area contributed by atoms with Gasteiger partial charge in [0.05, 0.1) is 22.6 Å². The van der Waals surface area contributed by atoms with E-state index in [4.69, 9.17) is 4.74 Å². The van der Waals surface area contributed by atoms with Gasteiger partial charge >= 0.3 is 0 Å². The molecule has 5 rings (SSSR count). The van der Waals surface area contributed by atoms with E-state index in [1.807, 2.05) is 62.1 Å². The molecule has 3 aromatic carbocycles. The van der Waals surface area contributed by atoms with Gasteiger partial charge in [0.15, 0.2) is 0 Å². The van der Waals surface area contributed by atoms with E-state index in [0.717, 1.165) is 22.3 Å². The highest BCUT2D eigenvalue weighted by Gasteiger charge is 2.33. The van der Waals surface area contributed by atoms with Crippen molar-refractivity contribution in [2.75, 3.05) is 44.7 Å². The first-order valence-corrected chi connectivity index (χ1v) is 16.0. The highest BCUT2D eigenvalue weighted by atomic mass is 32.2. The summed E-state index contributed by atoms with van der Waals surface area (Å²) in [5, 5.41) is 0. The summed E-state index contributed by atoms with van der Waals surface area (Å²) in [6, 6.07) is 16.7. The number of methoxy groups -OCH3 is 1. The second-order valence-electron chi connectivity index (χ2n) is 10.3. The fourth-order valence-electron chi connectivity index (χ4n) is 5.77. The minimum Gasteiger partial charge on any atom is -0.495 e. The number of fused-ring (bicyclic) bond motifs is 1. The molecule has 2 heterocycles. The summed E-state index contributed by atoms with van der Waals surface area (Å²) in [5.74, 6) is 0.555. The van der Waals surface area contributed by atoms with E-state index in [1.54, 1.807) is 25.3 Å². The zero-order valence-electron chi connectivity index (χ0n) is 22.8. The van der Waals surface area contributed by atoms with Gasteiger partial charge in [0, 0.05) is 39.3 Å². The third-order valence-electron chi connectivity index (χ3n) is 7.67. The Morgan fingerprint density at radius 3 is 2.00 bits per heavy atom. The van der Waals surface area contributed by atoms with Crippen LogP contribution in [0.4, 0.5) is 5.69 Å². The highest BCUT2D eigenvalue weighted by molar-refractivity contribution is 7.89. The van der Waals surface area contributed by atoms with Crippen LogP contribution in [-0.2, 0) is 33.0 Å². The van der Waals surface area contributed by atoms with Gasteiger partial charge < -0.3 is 9.64 Å². The number of ether oxygens (including phenoxy) is 1. The molecule has 0 spiro atoms. The molecule has 0 saturated carbocycles. The molecule has 0 atom stereocenters. The van der Waals surface area contributed by atoms with Crippen LogP contribution in [0, 0.1) is 20.8 Å². The summed E-state index contributed by atoms with van der Waals surface area (Å²) in [6.07, 6.45) is 0.675. The van der Waals surface area contributed by atoms with Crippen molar-refractivity contribution >= 4 is 25.7 Å². The lowest BCUT2D eigenvalue weighted by molar-refractivity contribution is 0.377. The number of nitrogens with zero attached hydrogens (tertiary/aromatic N) is 3. The smallest absolute Gasteiger partial charge is 0.243 e. The van der Waals surface area contributed by atoms with Gasteiger partial charge in [-0.3, -0.25) is 0 Å². The van der Waals surface area contributed by atoms with Crippen molar-refractivity contribution in [3.63, 3.8) is 0 Å². The molecule has 0 aromatic heterocycles. The van der Waals surface area contributed by atoms with Gasteiger partial charge in [-0.05, 0) is 67.6 Å². The van der Waals surface area contributed by atoms with Gasteiger partial charge in [-0.2, -0.15) is 8.61 Å². The molecule has 1 fully saturated rings. The molecule has 10 heteroatoms. The second kappa shape index (κ2) is 10.6. The summed E-state index contributed by atoms with van der Waals surface area (Å²) in [6.45, 7) is 7.81. The van der Waals surface area contributed by atoms with E-state index in [9.17, 15) is 16.8 Å². The normalized spacial score (nSPS) is 17.2. The summed E-state index contributed by atoms with van der Waals surface area (Å²) in [7, 11) is -5.83. The minimum atomic E-state index is -3.73. The van der Waals surface area contributed by atoms with Gasteiger partial charge in [0.1, 0.15) is 5.75 Å². The first-order chi connectivity index (χ1) is 18.5. The Morgan fingerprint density at radius 2 is 1.36 bits per heavy atom. The second-order valence-corrected chi connectivity index (χ2v) is 14.1. The topological polar surface area (TPSA) is 87.2 Å². The molecule has 0 aliphatic carbocycles. The number of hydrogen-bond donors (Lipinski definition) is 0. The largest absolute Gasteiger partial charge is 0.495 e. The molecule has 1 saturated heterocycles. The molecule has 0 amide bonds. The molecule has 0 unspecified atom stereocenters. The lowest BCUT2D eigenvalue weighted by Gasteiger charge is -2.36. The van der Waals surface area contributed by atoms with Crippen molar-refractivity contribution in [1.82, 2.24) is 8.61 Å². The summed E-state index contributed by atoms with van der Waals surface area (Å²) in [5.41, 5.74) is 5.38. The van der Waals surface area contributed by atoms with Gasteiger partial charge in [0.2, 0.25) is 20.0 Å². The average Bonchev–Trinajstić information content (AvgIpc) is 2.91. The molecular formula is C29H35N3O5S2. The van der Waals surface area contributed by atoms with Crippen LogP contribution in [-0.4, -0.2) is 65.3 Å². The van der Waals surface area contributed by atoms with E-state index in [0.29, 0.717) is 48.9 Å². The number of rotatable bonds is 6. The maximum absolute atomic E-state index is 13.6. The SMILES string of the molecule is COc1ccc(S(=O)(=O)N2CCc3ccccc3C2)cc1N1CCN(S(=O)(=O)c2c(C)cc(C)cc2C)CC1. The fraction of sp³-hybridized carbons (Fsp3) is 0.379. The molecule has 3 aromatic rings. The quantitative estimate of drug-likeness (QED) is 0.448. The van der Waals surface area contributed by atoms with Crippen molar-refractivity contribution < 1.29 is 21.6 Å². The molecule has 8 nitrogen and oxygen atoms in total. The van der Waals surface area contributed by atoms with E-state index in [2.05, 4.69) is 0 Å². The van der Waals surface area contributed by atoms with E-state index >= 15 is 0 Å². The lowest BCUT2D eigenvalue weighted by Crippen LogP contribution is -2.49. The van der Waals surface area contributed by atoms with E-state index < -0.39 is 20.0 Å². The van der Waals surface area contributed by atoms with Crippen LogP contribution >= 0.6 is 0 Å². The Labute approximate surface area is 231 Å². The van der Waals surface area contributed by atoms with Crippen molar-refractivity contribution in [2.24, 2.45) is 0 Å². The number of sulfonamides is 2. The number of hydrogen-bond acceptors (Lipinski definition) is 6. The maximum atomic E-state index is 13.6. The Balaban J connectivity index is 1.37. The van der Waals surface area contributed by atoms with Gasteiger partial charge in [0.25, 0.3) is 0 Å². The van der Waals surface area contributed by atoms with Gasteiger partial charge in [-0.1, -0.05) is 42.0 Å². The molecule has 39 heavy (non-hydrogen) atoms. The number of benzene rings is 3. The average molecular weight is 570 g/mol. The molecular weight excluding hydrogens is 534 g/mol. The van der Waals surface area contributed by atoms with Crippen molar-refractivity contribution in [1.29, 1.82) is 0 Å². The third-order valence-corrected chi connectivity index (χ3v) is 11.7. The zero-order valence-corrected chi connectivity index (χ0v) is 24.5. The van der Waals surface area contributed by atoms with Crippen LogP contribution in [0.2, 0.25) is 0 Å². The van der Waals surface area contributed by atoms with Crippen LogP contribution in [0.3, 0.4) is 0 Å². The molecule has 208 valence electrons. The maximum Gasteiger partial charge on any atom is 0.243 e. The van der Waals surface area contributed by atoms with E-state index in [1.165, 1.54) is 14.2 Å². The fourth-order valence-corrected chi connectivity index (χ4v) is 9.05. The van der Waals surface area contributed by atoms with E-state index in [-0.39, 0.29) is 18.0 Å². The highest BCUT2D eigenvalue weighted by Crippen LogP contribution is 2.35. The van der Waals surface area contributed by atoms with Crippen molar-refractivity contribution in [3.05, 3.63) is 82.4 Å². The molecule has 0 N–H and O–H groups in total. The Bertz CT molecular complexity index is 1590. The molecule has 2 aliphatic heterocycles. The minimum absolute atomic E-state index is 0.207. The van der Waals surface area contributed by atoms with Gasteiger partial charge in [-0.25, -0.2) is 16.8 Å². The number of anilines is 1. The van der Waals surface area contributed by atoms with Gasteiger partial charge in [-0.15, -0.1) is 0 Å². The predicted molar refractivity (Wildman–Crippen MR) is 152 cm³/mol. The van der Waals surface area contributed by atoms with Crippen LogP contribution in [0.15, 0.2) is 64.4 Å².